The van der Waals surface area contributed by atoms with Crippen LogP contribution in [0.15, 0.2) is 24.3 Å². The van der Waals surface area contributed by atoms with Crippen molar-refractivity contribution in [1.82, 2.24) is 4.90 Å². The molecule has 0 radical (unpaired) electrons. The normalized spacial score (nSPS) is 14.7. The van der Waals surface area contributed by atoms with E-state index in [4.69, 9.17) is 4.74 Å². The fourth-order valence-corrected chi connectivity index (χ4v) is 2.04. The van der Waals surface area contributed by atoms with Gasteiger partial charge in [0.25, 0.3) is 0 Å². The Morgan fingerprint density at radius 1 is 1.16 bits per heavy atom. The first-order valence-corrected chi connectivity index (χ1v) is 7.19. The molecule has 0 spiro atoms. The van der Waals surface area contributed by atoms with Crippen molar-refractivity contribution in [3.05, 3.63) is 35.4 Å². The fraction of sp³-hybridized carbons (Fsp3) is 0.562. The molecule has 0 amide bonds. The van der Waals surface area contributed by atoms with Gasteiger partial charge in [0, 0.05) is 6.54 Å². The van der Waals surface area contributed by atoms with Crippen LogP contribution in [0.3, 0.4) is 0 Å². The van der Waals surface area contributed by atoms with Crippen LogP contribution < -0.4 is 0 Å². The molecule has 1 aliphatic rings. The minimum atomic E-state index is -0.0350. The molecule has 0 unspecified atom stereocenters. The SMILES string of the molecule is CCN(CC)Cc1ccc(COC(=O)C2CC2)cc1. The number of carbonyl (C=O) groups is 1. The highest BCUT2D eigenvalue weighted by Crippen LogP contribution is 2.30. The van der Waals surface area contributed by atoms with Crippen molar-refractivity contribution < 1.29 is 9.53 Å². The van der Waals surface area contributed by atoms with Gasteiger partial charge in [0.2, 0.25) is 0 Å². The maximum absolute atomic E-state index is 11.4. The third-order valence-electron chi connectivity index (χ3n) is 3.62. The summed E-state index contributed by atoms with van der Waals surface area (Å²) in [5.74, 6) is 0.147. The molecule has 3 heteroatoms. The van der Waals surface area contributed by atoms with Gasteiger partial charge < -0.3 is 4.74 Å². The van der Waals surface area contributed by atoms with Crippen LogP contribution in [0.1, 0.15) is 37.8 Å². The third kappa shape index (κ3) is 4.35. The van der Waals surface area contributed by atoms with Gasteiger partial charge in [-0.05, 0) is 37.1 Å². The molecule has 0 aliphatic heterocycles. The Bertz CT molecular complexity index is 405. The predicted molar refractivity (Wildman–Crippen MR) is 75.6 cm³/mol. The lowest BCUT2D eigenvalue weighted by atomic mass is 10.1. The maximum Gasteiger partial charge on any atom is 0.309 e. The van der Waals surface area contributed by atoms with Crippen molar-refractivity contribution >= 4 is 5.97 Å². The third-order valence-corrected chi connectivity index (χ3v) is 3.62. The van der Waals surface area contributed by atoms with Crippen molar-refractivity contribution in [1.29, 1.82) is 0 Å². The zero-order valence-corrected chi connectivity index (χ0v) is 11.9. The van der Waals surface area contributed by atoms with E-state index in [1.54, 1.807) is 0 Å². The molecule has 0 saturated heterocycles. The Labute approximate surface area is 115 Å². The molecule has 0 heterocycles. The van der Waals surface area contributed by atoms with Gasteiger partial charge in [0.05, 0.1) is 5.92 Å². The van der Waals surface area contributed by atoms with E-state index in [2.05, 4.69) is 43.0 Å². The Morgan fingerprint density at radius 3 is 2.26 bits per heavy atom. The number of carbonyl (C=O) groups excluding carboxylic acids is 1. The quantitative estimate of drug-likeness (QED) is 0.707. The van der Waals surface area contributed by atoms with Crippen molar-refractivity contribution in [2.45, 2.75) is 39.8 Å². The van der Waals surface area contributed by atoms with Crippen molar-refractivity contribution in [3.63, 3.8) is 0 Å². The first-order valence-electron chi connectivity index (χ1n) is 7.19. The Kier molecular flexibility index (Phi) is 4.97. The summed E-state index contributed by atoms with van der Waals surface area (Å²) in [7, 11) is 0. The Hall–Kier alpha value is -1.35. The van der Waals surface area contributed by atoms with Gasteiger partial charge in [-0.2, -0.15) is 0 Å². The second-order valence-electron chi connectivity index (χ2n) is 5.16. The van der Waals surface area contributed by atoms with Crippen LogP contribution in [0, 0.1) is 5.92 Å². The highest BCUT2D eigenvalue weighted by molar-refractivity contribution is 5.74. The van der Waals surface area contributed by atoms with E-state index >= 15 is 0 Å². The first kappa shape index (κ1) is 14.1. The van der Waals surface area contributed by atoms with E-state index in [0.29, 0.717) is 6.61 Å². The monoisotopic (exact) mass is 261 g/mol. The fourth-order valence-electron chi connectivity index (χ4n) is 2.04. The molecule has 2 rings (SSSR count). The summed E-state index contributed by atoms with van der Waals surface area (Å²) in [5.41, 5.74) is 2.37. The second-order valence-corrected chi connectivity index (χ2v) is 5.16. The van der Waals surface area contributed by atoms with Crippen LogP contribution in [0.2, 0.25) is 0 Å². The van der Waals surface area contributed by atoms with Crippen LogP contribution in [0.5, 0.6) is 0 Å². The summed E-state index contributed by atoms with van der Waals surface area (Å²) in [4.78, 5) is 13.8. The molecule has 0 bridgehead atoms. The smallest absolute Gasteiger partial charge is 0.309 e. The van der Waals surface area contributed by atoms with E-state index in [1.807, 2.05) is 0 Å². The standard InChI is InChI=1S/C16H23NO2/c1-3-17(4-2)11-13-5-7-14(8-6-13)12-19-16(18)15-9-10-15/h5-8,15H,3-4,9-12H2,1-2H3. The lowest BCUT2D eigenvalue weighted by Crippen LogP contribution is -2.22. The topological polar surface area (TPSA) is 29.5 Å². The zero-order valence-electron chi connectivity index (χ0n) is 11.9. The number of nitrogens with zero attached hydrogens (tertiary/aromatic N) is 1. The van der Waals surface area contributed by atoms with Gasteiger partial charge in [-0.25, -0.2) is 0 Å². The van der Waals surface area contributed by atoms with Gasteiger partial charge in [-0.3, -0.25) is 9.69 Å². The highest BCUT2D eigenvalue weighted by atomic mass is 16.5. The maximum atomic E-state index is 11.4. The molecular weight excluding hydrogens is 238 g/mol. The van der Waals surface area contributed by atoms with E-state index in [9.17, 15) is 4.79 Å². The number of ether oxygens (including phenoxy) is 1. The molecule has 0 aromatic heterocycles. The van der Waals surface area contributed by atoms with Gasteiger partial charge >= 0.3 is 5.97 Å². The van der Waals surface area contributed by atoms with Crippen molar-refractivity contribution in [2.24, 2.45) is 5.92 Å². The summed E-state index contributed by atoms with van der Waals surface area (Å²) in [6, 6.07) is 8.36. The van der Waals surface area contributed by atoms with Crippen LogP contribution in [-0.2, 0) is 22.7 Å². The molecule has 1 fully saturated rings. The van der Waals surface area contributed by atoms with Gasteiger partial charge in [0.15, 0.2) is 0 Å². The first-order chi connectivity index (χ1) is 9.22. The minimum absolute atomic E-state index is 0.0350. The summed E-state index contributed by atoms with van der Waals surface area (Å²) >= 11 is 0. The van der Waals surface area contributed by atoms with Gasteiger partial charge in [0.1, 0.15) is 6.61 Å². The molecule has 104 valence electrons. The van der Waals surface area contributed by atoms with Gasteiger partial charge in [-0.15, -0.1) is 0 Å². The van der Waals surface area contributed by atoms with E-state index in [1.165, 1.54) is 5.56 Å². The predicted octanol–water partition coefficient (Wildman–Crippen LogP) is 2.98. The Balaban J connectivity index is 1.81. The summed E-state index contributed by atoms with van der Waals surface area (Å²) < 4.78 is 5.27. The molecule has 1 aromatic rings. The molecule has 1 aliphatic carbocycles. The molecular formula is C16H23NO2. The van der Waals surface area contributed by atoms with E-state index < -0.39 is 0 Å². The highest BCUT2D eigenvalue weighted by Gasteiger charge is 2.31. The molecule has 1 aromatic carbocycles. The zero-order chi connectivity index (χ0) is 13.7. The number of hydrogen-bond acceptors (Lipinski definition) is 3. The lowest BCUT2D eigenvalue weighted by molar-refractivity contribution is -0.146. The van der Waals surface area contributed by atoms with Crippen molar-refractivity contribution in [3.8, 4) is 0 Å². The molecule has 19 heavy (non-hydrogen) atoms. The van der Waals surface area contributed by atoms with Crippen LogP contribution in [-0.4, -0.2) is 24.0 Å². The molecule has 0 atom stereocenters. The number of rotatable bonds is 7. The Morgan fingerprint density at radius 2 is 1.74 bits per heavy atom. The molecule has 3 nitrogen and oxygen atoms in total. The summed E-state index contributed by atoms with van der Waals surface area (Å²) in [6.45, 7) is 7.87. The number of esters is 1. The number of hydrogen-bond donors (Lipinski definition) is 0. The number of benzene rings is 1. The average Bonchev–Trinajstić information content (AvgIpc) is 3.28. The second kappa shape index (κ2) is 6.71. The van der Waals surface area contributed by atoms with Crippen LogP contribution >= 0.6 is 0 Å². The van der Waals surface area contributed by atoms with E-state index in [-0.39, 0.29) is 11.9 Å². The summed E-state index contributed by atoms with van der Waals surface area (Å²) in [6.07, 6.45) is 2.00. The molecule has 1 saturated carbocycles. The van der Waals surface area contributed by atoms with E-state index in [0.717, 1.165) is 38.0 Å². The van der Waals surface area contributed by atoms with Crippen LogP contribution in [0.4, 0.5) is 0 Å². The van der Waals surface area contributed by atoms with Crippen molar-refractivity contribution in [2.75, 3.05) is 13.1 Å². The van der Waals surface area contributed by atoms with Crippen LogP contribution in [0.25, 0.3) is 0 Å². The largest absolute Gasteiger partial charge is 0.461 e. The lowest BCUT2D eigenvalue weighted by Gasteiger charge is -2.18. The average molecular weight is 261 g/mol. The minimum Gasteiger partial charge on any atom is -0.461 e. The summed E-state index contributed by atoms with van der Waals surface area (Å²) in [5, 5.41) is 0. The van der Waals surface area contributed by atoms with Gasteiger partial charge in [-0.1, -0.05) is 38.1 Å². The molecule has 0 N–H and O–H groups in total.